The molecule has 32 heavy (non-hydrogen) atoms. The summed E-state index contributed by atoms with van der Waals surface area (Å²) in [7, 11) is 0. The minimum Gasteiger partial charge on any atom is -0.484 e. The highest BCUT2D eigenvalue weighted by atomic mass is 32.1. The molecule has 0 spiro atoms. The van der Waals surface area contributed by atoms with E-state index in [1.54, 1.807) is 13.0 Å². The van der Waals surface area contributed by atoms with Gasteiger partial charge in [-0.15, -0.1) is 5.10 Å². The summed E-state index contributed by atoms with van der Waals surface area (Å²) in [6.45, 7) is 1.64. The molecule has 10 heteroatoms. The van der Waals surface area contributed by atoms with Gasteiger partial charge in [-0.25, -0.2) is 4.68 Å². The zero-order chi connectivity index (χ0) is 22.7. The number of nitro groups is 1. The number of carbonyl (C=O) groups excluding carboxylic acids is 1. The van der Waals surface area contributed by atoms with E-state index in [1.807, 2.05) is 6.07 Å². The molecule has 2 aromatic carbocycles. The molecule has 9 nitrogen and oxygen atoms in total. The second-order valence-corrected chi connectivity index (χ2v) is 8.00. The first-order valence-electron chi connectivity index (χ1n) is 10.3. The van der Waals surface area contributed by atoms with Gasteiger partial charge in [0, 0.05) is 12.1 Å². The molecule has 4 rings (SSSR count). The number of hydrogen-bond donors (Lipinski definition) is 1. The van der Waals surface area contributed by atoms with Crippen LogP contribution in [0.2, 0.25) is 0 Å². The van der Waals surface area contributed by atoms with E-state index in [2.05, 4.69) is 22.5 Å². The molecule has 166 valence electrons. The van der Waals surface area contributed by atoms with Gasteiger partial charge in [0.25, 0.3) is 16.4 Å². The van der Waals surface area contributed by atoms with Gasteiger partial charge in [-0.1, -0.05) is 12.1 Å². The van der Waals surface area contributed by atoms with E-state index in [0.717, 1.165) is 18.6 Å². The number of non-ortho nitro benzene ring substituents is 1. The van der Waals surface area contributed by atoms with Crippen LogP contribution in [0, 0.1) is 21.9 Å². The molecule has 0 unspecified atom stereocenters. The Morgan fingerprint density at radius 1 is 1.25 bits per heavy atom. The summed E-state index contributed by atoms with van der Waals surface area (Å²) in [5, 5.41) is 17.8. The highest BCUT2D eigenvalue weighted by Crippen LogP contribution is 2.26. The molecule has 1 heterocycles. The number of nitrogens with zero attached hydrogens (tertiary/aromatic N) is 3. The van der Waals surface area contributed by atoms with Crippen molar-refractivity contribution in [1.29, 1.82) is 0 Å². The summed E-state index contributed by atoms with van der Waals surface area (Å²) in [6.07, 6.45) is 4.57. The zero-order valence-electron chi connectivity index (χ0n) is 17.5. The molecule has 0 saturated heterocycles. The molecule has 1 aliphatic rings. The Hall–Kier alpha value is -3.53. The largest absolute Gasteiger partial charge is 0.484 e. The minimum atomic E-state index is -0.516. The Bertz CT molecular complexity index is 1230. The molecule has 1 amide bonds. The summed E-state index contributed by atoms with van der Waals surface area (Å²) in [6, 6.07) is 10.4. The molecule has 1 aromatic heterocycles. The lowest BCUT2D eigenvalue weighted by atomic mass is 9.92. The Morgan fingerprint density at radius 2 is 2.03 bits per heavy atom. The topological polar surface area (TPSA) is 112 Å². The van der Waals surface area contributed by atoms with Crippen molar-refractivity contribution in [3.63, 3.8) is 0 Å². The summed E-state index contributed by atoms with van der Waals surface area (Å²) in [4.78, 5) is 22.9. The zero-order valence-corrected chi connectivity index (χ0v) is 18.3. The molecule has 0 bridgehead atoms. The van der Waals surface area contributed by atoms with Crippen LogP contribution >= 0.6 is 12.2 Å². The van der Waals surface area contributed by atoms with Crippen LogP contribution in [0.25, 0.3) is 0 Å². The molecule has 3 aromatic rings. The van der Waals surface area contributed by atoms with Gasteiger partial charge < -0.3 is 14.5 Å². The number of aryl methyl sites for hydroxylation is 3. The van der Waals surface area contributed by atoms with Crippen molar-refractivity contribution in [2.45, 2.75) is 45.8 Å². The normalized spacial score (nSPS) is 12.8. The fourth-order valence-corrected chi connectivity index (χ4v) is 3.84. The molecule has 0 radical (unpaired) electrons. The van der Waals surface area contributed by atoms with Crippen LogP contribution in [-0.2, 0) is 30.8 Å². The van der Waals surface area contributed by atoms with Gasteiger partial charge in [0.1, 0.15) is 12.3 Å². The number of amides is 1. The average Bonchev–Trinajstić information content (AvgIpc) is 3.12. The number of aromatic nitrogens is 2. The van der Waals surface area contributed by atoms with Crippen LogP contribution in [0.5, 0.6) is 5.75 Å². The van der Waals surface area contributed by atoms with Crippen LogP contribution in [0.1, 0.15) is 35.4 Å². The molecule has 1 aliphatic carbocycles. The molecule has 0 saturated carbocycles. The van der Waals surface area contributed by atoms with Crippen molar-refractivity contribution in [2.75, 3.05) is 5.32 Å². The van der Waals surface area contributed by atoms with Crippen molar-refractivity contribution < 1.29 is 18.9 Å². The first-order chi connectivity index (χ1) is 15.4. The van der Waals surface area contributed by atoms with Crippen molar-refractivity contribution in [1.82, 2.24) is 9.78 Å². The third kappa shape index (κ3) is 5.02. The maximum Gasteiger partial charge on any atom is 0.287 e. The second kappa shape index (κ2) is 9.31. The molecular weight excluding hydrogens is 432 g/mol. The Morgan fingerprint density at radius 3 is 2.81 bits per heavy atom. The number of nitro benzene ring substituents is 1. The Kier molecular flexibility index (Phi) is 6.31. The third-order valence-corrected chi connectivity index (χ3v) is 5.62. The number of carbonyl (C=O) groups is 1. The molecular formula is C22H22N4O5S. The van der Waals surface area contributed by atoms with Crippen LogP contribution in [0.3, 0.4) is 0 Å². The lowest BCUT2D eigenvalue weighted by Gasteiger charge is -2.16. The number of nitrogens with one attached hydrogen (secondary N) is 1. The Balaban J connectivity index is 1.38. The predicted octanol–water partition coefficient (Wildman–Crippen LogP) is 4.52. The van der Waals surface area contributed by atoms with Crippen molar-refractivity contribution in [3.8, 4) is 5.75 Å². The van der Waals surface area contributed by atoms with E-state index in [9.17, 15) is 14.9 Å². The monoisotopic (exact) mass is 454 g/mol. The molecule has 0 aliphatic heterocycles. The lowest BCUT2D eigenvalue weighted by molar-refractivity contribution is -0.384. The fourth-order valence-electron chi connectivity index (χ4n) is 3.64. The van der Waals surface area contributed by atoms with Gasteiger partial charge in [-0.05, 0) is 73.6 Å². The predicted molar refractivity (Wildman–Crippen MR) is 119 cm³/mol. The summed E-state index contributed by atoms with van der Waals surface area (Å²) < 4.78 is 12.5. The van der Waals surface area contributed by atoms with E-state index < -0.39 is 10.8 Å². The van der Waals surface area contributed by atoms with Crippen LogP contribution in [0.4, 0.5) is 11.4 Å². The highest BCUT2D eigenvalue weighted by molar-refractivity contribution is 7.71. The smallest absolute Gasteiger partial charge is 0.287 e. The van der Waals surface area contributed by atoms with Crippen molar-refractivity contribution >= 4 is 29.5 Å². The number of ether oxygens (including phenoxy) is 1. The summed E-state index contributed by atoms with van der Waals surface area (Å²) >= 11 is 5.16. The number of rotatable bonds is 7. The van der Waals surface area contributed by atoms with E-state index in [1.165, 1.54) is 40.8 Å². The SMILES string of the molecule is Cc1ccc([N+](=O)[O-])cc1NC(=O)Cn1nc(COc2ccc3c(c2)CCCC3)oc1=S. The fraction of sp³-hybridized carbons (Fsp3) is 0.318. The molecule has 0 atom stereocenters. The standard InChI is InChI=1S/C22H22N4O5S/c1-14-6-8-17(26(28)29)11-19(14)23-20(27)12-25-22(32)31-21(24-25)13-30-18-9-7-15-4-2-3-5-16(15)10-18/h6-11H,2-5,12-13H2,1H3,(H,23,27). The van der Waals surface area contributed by atoms with Crippen LogP contribution in [-0.4, -0.2) is 20.6 Å². The van der Waals surface area contributed by atoms with Gasteiger partial charge in [-0.3, -0.25) is 14.9 Å². The van der Waals surface area contributed by atoms with Crippen molar-refractivity contribution in [3.05, 3.63) is 73.9 Å². The van der Waals surface area contributed by atoms with Crippen molar-refractivity contribution in [2.24, 2.45) is 0 Å². The first-order valence-corrected chi connectivity index (χ1v) is 10.7. The highest BCUT2D eigenvalue weighted by Gasteiger charge is 2.15. The summed E-state index contributed by atoms with van der Waals surface area (Å²) in [5.41, 5.74) is 3.64. The molecule has 0 fully saturated rings. The van der Waals surface area contributed by atoms with E-state index in [-0.39, 0.29) is 29.6 Å². The number of benzene rings is 2. The quantitative estimate of drug-likeness (QED) is 0.317. The summed E-state index contributed by atoms with van der Waals surface area (Å²) in [5.74, 6) is 0.562. The maximum atomic E-state index is 12.4. The van der Waals surface area contributed by atoms with Gasteiger partial charge in [0.05, 0.1) is 10.6 Å². The Labute approximate surface area is 189 Å². The molecule has 1 N–H and O–H groups in total. The van der Waals surface area contributed by atoms with Gasteiger partial charge in [0.15, 0.2) is 6.61 Å². The number of fused-ring (bicyclic) bond motifs is 1. The number of hydrogen-bond acceptors (Lipinski definition) is 7. The average molecular weight is 455 g/mol. The van der Waals surface area contributed by atoms with Gasteiger partial charge >= 0.3 is 0 Å². The second-order valence-electron chi connectivity index (χ2n) is 7.65. The number of anilines is 1. The van der Waals surface area contributed by atoms with Gasteiger partial charge in [0.2, 0.25) is 5.91 Å². The van der Waals surface area contributed by atoms with E-state index in [4.69, 9.17) is 21.4 Å². The van der Waals surface area contributed by atoms with Gasteiger partial charge in [-0.2, -0.15) is 0 Å². The lowest BCUT2D eigenvalue weighted by Crippen LogP contribution is -2.20. The van der Waals surface area contributed by atoms with Crippen LogP contribution in [0.15, 0.2) is 40.8 Å². The van der Waals surface area contributed by atoms with E-state index >= 15 is 0 Å². The maximum absolute atomic E-state index is 12.4. The van der Waals surface area contributed by atoms with Crippen LogP contribution < -0.4 is 10.1 Å². The third-order valence-electron chi connectivity index (χ3n) is 5.33. The first kappa shape index (κ1) is 21.7. The van der Waals surface area contributed by atoms with E-state index in [0.29, 0.717) is 11.3 Å². The minimum absolute atomic E-state index is 0.0416.